The summed E-state index contributed by atoms with van der Waals surface area (Å²) in [5.41, 5.74) is 2.17. The number of esters is 1. The van der Waals surface area contributed by atoms with Gasteiger partial charge in [0.25, 0.3) is 0 Å². The zero-order chi connectivity index (χ0) is 13.5. The van der Waals surface area contributed by atoms with Crippen LogP contribution in [0, 0.1) is 6.92 Å². The van der Waals surface area contributed by atoms with E-state index < -0.39 is 0 Å². The summed E-state index contributed by atoms with van der Waals surface area (Å²) in [4.78, 5) is 11.3. The van der Waals surface area contributed by atoms with E-state index in [2.05, 4.69) is 17.3 Å². The molecule has 102 valence electrons. The monoisotopic (exact) mass is 271 g/mol. The topological polar surface area (TPSA) is 56.1 Å². The van der Waals surface area contributed by atoms with Crippen LogP contribution in [0.5, 0.6) is 0 Å². The number of hydrogen-bond donors (Lipinski definition) is 1. The fourth-order valence-electron chi connectivity index (χ4n) is 1.70. The molecule has 1 aromatic heterocycles. The van der Waals surface area contributed by atoms with E-state index >= 15 is 0 Å². The molecule has 0 aliphatic carbocycles. The van der Waals surface area contributed by atoms with Gasteiger partial charge in [0.2, 0.25) is 0 Å². The number of carbonyl (C=O) groups is 1. The van der Waals surface area contributed by atoms with Crippen LogP contribution in [0.15, 0.2) is 0 Å². The van der Waals surface area contributed by atoms with E-state index in [1.54, 1.807) is 11.8 Å². The number of carbonyl (C=O) groups excluding carboxylic acids is 1. The summed E-state index contributed by atoms with van der Waals surface area (Å²) in [6, 6.07) is 0. The highest BCUT2D eigenvalue weighted by molar-refractivity contribution is 7.99. The van der Waals surface area contributed by atoms with Gasteiger partial charge in [-0.1, -0.05) is 0 Å². The molecule has 0 atom stereocenters. The second-order valence-corrected chi connectivity index (χ2v) is 4.85. The first kappa shape index (κ1) is 14.9. The maximum atomic E-state index is 11.3. The van der Waals surface area contributed by atoms with Crippen LogP contribution in [0.1, 0.15) is 25.1 Å². The Morgan fingerprint density at radius 3 is 2.83 bits per heavy atom. The molecule has 18 heavy (non-hydrogen) atoms. The van der Waals surface area contributed by atoms with Gasteiger partial charge in [0, 0.05) is 24.9 Å². The summed E-state index contributed by atoms with van der Waals surface area (Å²) in [6.07, 6.45) is 0. The van der Waals surface area contributed by atoms with Crippen molar-refractivity contribution in [3.8, 4) is 0 Å². The maximum Gasteiger partial charge on any atom is 0.315 e. The molecule has 0 saturated heterocycles. The number of aromatic nitrogens is 2. The van der Waals surface area contributed by atoms with E-state index in [1.165, 1.54) is 0 Å². The number of hydrogen-bond acceptors (Lipinski definition) is 5. The summed E-state index contributed by atoms with van der Waals surface area (Å²) in [5.74, 6) is 2.02. The largest absolute Gasteiger partial charge is 0.465 e. The molecule has 0 saturated carbocycles. The van der Waals surface area contributed by atoms with Crippen LogP contribution in [0.4, 0.5) is 5.82 Å². The molecule has 0 spiro atoms. The summed E-state index contributed by atoms with van der Waals surface area (Å²) in [7, 11) is 1.92. The summed E-state index contributed by atoms with van der Waals surface area (Å²) < 4.78 is 6.74. The highest BCUT2D eigenvalue weighted by Crippen LogP contribution is 2.24. The molecule has 0 unspecified atom stereocenters. The standard InChI is InChI=1S/C12H21N3O2S/c1-5-13-12-10(9(3)14-15(12)4)7-18-8-11(16)17-6-2/h13H,5-8H2,1-4H3. The quantitative estimate of drug-likeness (QED) is 0.768. The van der Waals surface area contributed by atoms with Crippen LogP contribution < -0.4 is 5.32 Å². The van der Waals surface area contributed by atoms with Crippen LogP contribution in [0.25, 0.3) is 0 Å². The van der Waals surface area contributed by atoms with E-state index in [9.17, 15) is 4.79 Å². The first-order valence-corrected chi connectivity index (χ1v) is 7.25. The lowest BCUT2D eigenvalue weighted by Crippen LogP contribution is -2.08. The molecule has 0 fully saturated rings. The zero-order valence-electron chi connectivity index (χ0n) is 11.4. The molecule has 0 bridgehead atoms. The number of nitrogens with one attached hydrogen (secondary N) is 1. The lowest BCUT2D eigenvalue weighted by molar-refractivity contribution is -0.139. The van der Waals surface area contributed by atoms with Gasteiger partial charge in [0.15, 0.2) is 0 Å². The summed E-state index contributed by atoms with van der Waals surface area (Å²) >= 11 is 1.55. The normalized spacial score (nSPS) is 10.4. The fraction of sp³-hybridized carbons (Fsp3) is 0.667. The van der Waals surface area contributed by atoms with Crippen molar-refractivity contribution in [1.82, 2.24) is 9.78 Å². The lowest BCUT2D eigenvalue weighted by Gasteiger charge is -2.07. The Morgan fingerprint density at radius 1 is 1.50 bits per heavy atom. The van der Waals surface area contributed by atoms with Gasteiger partial charge in [-0.25, -0.2) is 0 Å². The summed E-state index contributed by atoms with van der Waals surface area (Å²) in [6.45, 7) is 7.15. The molecule has 0 aromatic carbocycles. The highest BCUT2D eigenvalue weighted by atomic mass is 32.2. The van der Waals surface area contributed by atoms with Gasteiger partial charge < -0.3 is 10.1 Å². The van der Waals surface area contributed by atoms with Gasteiger partial charge in [-0.3, -0.25) is 9.48 Å². The van der Waals surface area contributed by atoms with E-state index in [0.29, 0.717) is 12.4 Å². The first-order chi connectivity index (χ1) is 8.60. The molecule has 6 heteroatoms. The van der Waals surface area contributed by atoms with E-state index in [-0.39, 0.29) is 5.97 Å². The average Bonchev–Trinajstić information content (AvgIpc) is 2.57. The predicted molar refractivity (Wildman–Crippen MR) is 74.9 cm³/mol. The molecule has 1 aromatic rings. The first-order valence-electron chi connectivity index (χ1n) is 6.09. The van der Waals surface area contributed by atoms with Gasteiger partial charge >= 0.3 is 5.97 Å². The number of thioether (sulfide) groups is 1. The Hall–Kier alpha value is -1.17. The molecule has 0 aliphatic heterocycles. The third kappa shape index (κ3) is 3.94. The number of anilines is 1. The Kier molecular flexibility index (Phi) is 6.04. The van der Waals surface area contributed by atoms with Crippen molar-refractivity contribution >= 4 is 23.5 Å². The van der Waals surface area contributed by atoms with Crippen molar-refractivity contribution in [2.45, 2.75) is 26.5 Å². The predicted octanol–water partition coefficient (Wildman–Crippen LogP) is 1.96. The molecule has 0 radical (unpaired) electrons. The second kappa shape index (κ2) is 7.31. The molecule has 0 amide bonds. The SMILES string of the molecule is CCNc1c(CSCC(=O)OCC)c(C)nn1C. The molecular formula is C12H21N3O2S. The summed E-state index contributed by atoms with van der Waals surface area (Å²) in [5, 5.41) is 7.69. The van der Waals surface area contributed by atoms with Crippen LogP contribution in [0.3, 0.4) is 0 Å². The second-order valence-electron chi connectivity index (χ2n) is 3.86. The fourth-order valence-corrected chi connectivity index (χ4v) is 2.60. The highest BCUT2D eigenvalue weighted by Gasteiger charge is 2.13. The minimum Gasteiger partial charge on any atom is -0.465 e. The average molecular weight is 271 g/mol. The van der Waals surface area contributed by atoms with Crippen molar-refractivity contribution in [3.05, 3.63) is 11.3 Å². The number of aryl methyl sites for hydroxylation is 2. The minimum absolute atomic E-state index is 0.158. The third-order valence-corrected chi connectivity index (χ3v) is 3.39. The molecule has 1 N–H and O–H groups in total. The van der Waals surface area contributed by atoms with Crippen LogP contribution in [0.2, 0.25) is 0 Å². The van der Waals surface area contributed by atoms with Crippen molar-refractivity contribution < 1.29 is 9.53 Å². The number of nitrogens with zero attached hydrogens (tertiary/aromatic N) is 2. The van der Waals surface area contributed by atoms with Crippen LogP contribution >= 0.6 is 11.8 Å². The van der Waals surface area contributed by atoms with E-state index in [1.807, 2.05) is 25.6 Å². The number of rotatable bonds is 7. The Balaban J connectivity index is 2.58. The maximum absolute atomic E-state index is 11.3. The smallest absolute Gasteiger partial charge is 0.315 e. The van der Waals surface area contributed by atoms with Crippen LogP contribution in [-0.2, 0) is 22.3 Å². The molecule has 1 heterocycles. The van der Waals surface area contributed by atoms with Gasteiger partial charge in [0.1, 0.15) is 5.82 Å². The van der Waals surface area contributed by atoms with Crippen LogP contribution in [-0.4, -0.2) is 34.7 Å². The van der Waals surface area contributed by atoms with Gasteiger partial charge in [0.05, 0.1) is 18.1 Å². The van der Waals surface area contributed by atoms with Crippen molar-refractivity contribution in [1.29, 1.82) is 0 Å². The van der Waals surface area contributed by atoms with E-state index in [0.717, 1.165) is 29.4 Å². The third-order valence-electron chi connectivity index (χ3n) is 2.46. The van der Waals surface area contributed by atoms with Crippen molar-refractivity contribution in [2.24, 2.45) is 7.05 Å². The Morgan fingerprint density at radius 2 is 2.22 bits per heavy atom. The zero-order valence-corrected chi connectivity index (χ0v) is 12.3. The molecule has 5 nitrogen and oxygen atoms in total. The van der Waals surface area contributed by atoms with Gasteiger partial charge in [-0.15, -0.1) is 11.8 Å². The van der Waals surface area contributed by atoms with Gasteiger partial charge in [-0.05, 0) is 20.8 Å². The molecule has 0 aliphatic rings. The minimum atomic E-state index is -0.158. The molecular weight excluding hydrogens is 250 g/mol. The van der Waals surface area contributed by atoms with Gasteiger partial charge in [-0.2, -0.15) is 5.10 Å². The van der Waals surface area contributed by atoms with Crippen molar-refractivity contribution in [2.75, 3.05) is 24.2 Å². The van der Waals surface area contributed by atoms with Crippen molar-refractivity contribution in [3.63, 3.8) is 0 Å². The lowest BCUT2D eigenvalue weighted by atomic mass is 10.3. The Labute approximate surface area is 112 Å². The number of ether oxygens (including phenoxy) is 1. The Bertz CT molecular complexity index is 404. The van der Waals surface area contributed by atoms with E-state index in [4.69, 9.17) is 4.74 Å². The molecule has 1 rings (SSSR count).